The van der Waals surface area contributed by atoms with Crippen molar-refractivity contribution in [2.75, 3.05) is 20.2 Å². The van der Waals surface area contributed by atoms with Gasteiger partial charge in [0, 0.05) is 10.6 Å². The lowest BCUT2D eigenvalue weighted by atomic mass is 9.90. The van der Waals surface area contributed by atoms with Crippen LogP contribution in [0.3, 0.4) is 0 Å². The molecule has 0 saturated carbocycles. The number of nitrogens with one attached hydrogen (secondary N) is 1. The topological polar surface area (TPSA) is 21.3 Å². The van der Waals surface area contributed by atoms with Gasteiger partial charge in [0.25, 0.3) is 0 Å². The van der Waals surface area contributed by atoms with Gasteiger partial charge in [-0.15, -0.1) is 0 Å². The molecule has 17 heavy (non-hydrogen) atoms. The van der Waals surface area contributed by atoms with E-state index in [1.54, 1.807) is 6.07 Å². The molecule has 1 N–H and O–H groups in total. The van der Waals surface area contributed by atoms with Crippen molar-refractivity contribution in [2.45, 2.75) is 19.3 Å². The van der Waals surface area contributed by atoms with Gasteiger partial charge in [0.15, 0.2) is 11.6 Å². The lowest BCUT2D eigenvalue weighted by Crippen LogP contribution is -2.28. The molecular formula is C13H17ClFNO. The summed E-state index contributed by atoms with van der Waals surface area (Å²) in [5.41, 5.74) is 0.807. The molecule has 1 aromatic carbocycles. The Morgan fingerprint density at radius 2 is 2.12 bits per heavy atom. The molecule has 0 amide bonds. The highest BCUT2D eigenvalue weighted by molar-refractivity contribution is 6.31. The second kappa shape index (κ2) is 5.69. The molecule has 1 aliphatic rings. The van der Waals surface area contributed by atoms with Crippen molar-refractivity contribution in [3.05, 3.63) is 28.5 Å². The first kappa shape index (κ1) is 12.7. The maximum Gasteiger partial charge on any atom is 0.165 e. The number of hydrogen-bond donors (Lipinski definition) is 1. The smallest absolute Gasteiger partial charge is 0.165 e. The van der Waals surface area contributed by atoms with Crippen LogP contribution in [0, 0.1) is 11.7 Å². The third kappa shape index (κ3) is 2.90. The van der Waals surface area contributed by atoms with Gasteiger partial charge in [-0.3, -0.25) is 0 Å². The normalized spacial score (nSPS) is 17.1. The van der Waals surface area contributed by atoms with Crippen molar-refractivity contribution in [3.63, 3.8) is 0 Å². The molecule has 1 saturated heterocycles. The van der Waals surface area contributed by atoms with Crippen LogP contribution in [-0.4, -0.2) is 20.2 Å². The summed E-state index contributed by atoms with van der Waals surface area (Å²) in [6, 6.07) is 2.96. The predicted octanol–water partition coefficient (Wildman–Crippen LogP) is 3.03. The van der Waals surface area contributed by atoms with Gasteiger partial charge < -0.3 is 10.1 Å². The zero-order chi connectivity index (χ0) is 12.3. The van der Waals surface area contributed by atoms with E-state index in [0.717, 1.165) is 37.9 Å². The molecule has 1 aromatic rings. The van der Waals surface area contributed by atoms with Crippen LogP contribution >= 0.6 is 11.6 Å². The lowest BCUT2D eigenvalue weighted by molar-refractivity contribution is 0.352. The molecule has 1 aliphatic heterocycles. The summed E-state index contributed by atoms with van der Waals surface area (Å²) in [6.45, 7) is 2.06. The number of halogens is 2. The minimum atomic E-state index is -0.333. The minimum absolute atomic E-state index is 0.302. The average molecular weight is 258 g/mol. The van der Waals surface area contributed by atoms with E-state index >= 15 is 0 Å². The first-order valence-corrected chi connectivity index (χ1v) is 6.31. The summed E-state index contributed by atoms with van der Waals surface area (Å²) < 4.78 is 18.7. The van der Waals surface area contributed by atoms with Crippen LogP contribution in [0.25, 0.3) is 0 Å². The molecule has 0 radical (unpaired) electrons. The molecule has 1 fully saturated rings. The van der Waals surface area contributed by atoms with E-state index in [9.17, 15) is 4.39 Å². The fourth-order valence-corrected chi connectivity index (χ4v) is 2.59. The number of piperidine rings is 1. The highest BCUT2D eigenvalue weighted by Crippen LogP contribution is 2.33. The Morgan fingerprint density at radius 3 is 2.76 bits per heavy atom. The van der Waals surface area contributed by atoms with Crippen molar-refractivity contribution in [1.82, 2.24) is 5.32 Å². The summed E-state index contributed by atoms with van der Waals surface area (Å²) >= 11 is 6.14. The summed E-state index contributed by atoms with van der Waals surface area (Å²) in [6.07, 6.45) is 3.01. The Kier molecular flexibility index (Phi) is 4.24. The second-order valence-electron chi connectivity index (χ2n) is 4.44. The van der Waals surface area contributed by atoms with Crippen LogP contribution in [0.1, 0.15) is 18.4 Å². The van der Waals surface area contributed by atoms with E-state index in [4.69, 9.17) is 16.3 Å². The maximum absolute atomic E-state index is 13.6. The molecule has 94 valence electrons. The van der Waals surface area contributed by atoms with Crippen molar-refractivity contribution in [1.29, 1.82) is 0 Å². The monoisotopic (exact) mass is 257 g/mol. The standard InChI is InChI=1S/C13H17ClFNO/c1-17-13-10(11(14)2-3-12(13)15)8-9-4-6-16-7-5-9/h2-3,9,16H,4-8H2,1H3. The molecule has 0 unspecified atom stereocenters. The van der Waals surface area contributed by atoms with Gasteiger partial charge in [-0.05, 0) is 50.4 Å². The van der Waals surface area contributed by atoms with E-state index in [0.29, 0.717) is 16.7 Å². The third-order valence-electron chi connectivity index (χ3n) is 3.31. The predicted molar refractivity (Wildman–Crippen MR) is 67.3 cm³/mol. The van der Waals surface area contributed by atoms with Gasteiger partial charge >= 0.3 is 0 Å². The van der Waals surface area contributed by atoms with E-state index < -0.39 is 0 Å². The van der Waals surface area contributed by atoms with Crippen LogP contribution in [0.15, 0.2) is 12.1 Å². The van der Waals surface area contributed by atoms with Crippen molar-refractivity contribution in [3.8, 4) is 5.75 Å². The molecule has 0 aliphatic carbocycles. The molecule has 0 bridgehead atoms. The number of methoxy groups -OCH3 is 1. The Labute approximate surface area is 106 Å². The first-order chi connectivity index (χ1) is 8.22. The van der Waals surface area contributed by atoms with Gasteiger partial charge in [-0.25, -0.2) is 4.39 Å². The average Bonchev–Trinajstić information content (AvgIpc) is 2.35. The molecular weight excluding hydrogens is 241 g/mol. The zero-order valence-electron chi connectivity index (χ0n) is 9.93. The van der Waals surface area contributed by atoms with Crippen molar-refractivity contribution in [2.24, 2.45) is 5.92 Å². The van der Waals surface area contributed by atoms with E-state index in [2.05, 4.69) is 5.32 Å². The van der Waals surface area contributed by atoms with Crippen LogP contribution in [0.2, 0.25) is 5.02 Å². The Balaban J connectivity index is 2.21. The molecule has 2 rings (SSSR count). The molecule has 0 atom stereocenters. The largest absolute Gasteiger partial charge is 0.493 e. The maximum atomic E-state index is 13.6. The van der Waals surface area contributed by atoms with Gasteiger partial charge in [-0.1, -0.05) is 11.6 Å². The van der Waals surface area contributed by atoms with E-state index in [1.807, 2.05) is 0 Å². The van der Waals surface area contributed by atoms with Crippen LogP contribution < -0.4 is 10.1 Å². The zero-order valence-corrected chi connectivity index (χ0v) is 10.7. The SMILES string of the molecule is COc1c(F)ccc(Cl)c1CC1CCNCC1. The summed E-state index contributed by atoms with van der Waals surface area (Å²) in [4.78, 5) is 0. The Morgan fingerprint density at radius 1 is 1.41 bits per heavy atom. The van der Waals surface area contributed by atoms with Gasteiger partial charge in [0.1, 0.15) is 0 Å². The molecule has 0 spiro atoms. The summed E-state index contributed by atoms with van der Waals surface area (Å²) in [7, 11) is 1.49. The number of hydrogen-bond acceptors (Lipinski definition) is 2. The Bertz CT molecular complexity index is 391. The first-order valence-electron chi connectivity index (χ1n) is 5.94. The summed E-state index contributed by atoms with van der Waals surface area (Å²) in [5, 5.41) is 3.92. The van der Waals surface area contributed by atoms with E-state index in [1.165, 1.54) is 13.2 Å². The number of rotatable bonds is 3. The third-order valence-corrected chi connectivity index (χ3v) is 3.67. The van der Waals surface area contributed by atoms with Crippen LogP contribution in [0.5, 0.6) is 5.75 Å². The van der Waals surface area contributed by atoms with Crippen LogP contribution in [-0.2, 0) is 6.42 Å². The Hall–Kier alpha value is -0.800. The minimum Gasteiger partial charge on any atom is -0.493 e. The quantitative estimate of drug-likeness (QED) is 0.899. The molecule has 1 heterocycles. The highest BCUT2D eigenvalue weighted by atomic mass is 35.5. The van der Waals surface area contributed by atoms with Gasteiger partial charge in [0.05, 0.1) is 7.11 Å². The van der Waals surface area contributed by atoms with Crippen LogP contribution in [0.4, 0.5) is 4.39 Å². The number of benzene rings is 1. The molecule has 2 nitrogen and oxygen atoms in total. The summed E-state index contributed by atoms with van der Waals surface area (Å²) in [5.74, 6) is 0.529. The van der Waals surface area contributed by atoms with Gasteiger partial charge in [0.2, 0.25) is 0 Å². The van der Waals surface area contributed by atoms with E-state index in [-0.39, 0.29) is 5.82 Å². The van der Waals surface area contributed by atoms with Crippen molar-refractivity contribution < 1.29 is 9.13 Å². The van der Waals surface area contributed by atoms with Gasteiger partial charge in [-0.2, -0.15) is 0 Å². The fourth-order valence-electron chi connectivity index (χ4n) is 2.36. The number of ether oxygens (including phenoxy) is 1. The molecule has 4 heteroatoms. The fraction of sp³-hybridized carbons (Fsp3) is 0.538. The second-order valence-corrected chi connectivity index (χ2v) is 4.85. The highest BCUT2D eigenvalue weighted by Gasteiger charge is 2.19. The van der Waals surface area contributed by atoms with Crippen molar-refractivity contribution >= 4 is 11.6 Å². The molecule has 0 aromatic heterocycles. The lowest BCUT2D eigenvalue weighted by Gasteiger charge is -2.23.